The Balaban J connectivity index is 1.54. The van der Waals surface area contributed by atoms with Crippen molar-refractivity contribution < 1.29 is 9.59 Å². The lowest BCUT2D eigenvalue weighted by atomic mass is 9.80. The van der Waals surface area contributed by atoms with Crippen LogP contribution >= 0.6 is 0 Å². The van der Waals surface area contributed by atoms with Gasteiger partial charge in [-0.3, -0.25) is 4.79 Å². The summed E-state index contributed by atoms with van der Waals surface area (Å²) in [5.74, 6) is 0.0424. The maximum Gasteiger partial charge on any atom is 0.322 e. The van der Waals surface area contributed by atoms with Crippen LogP contribution in [0.25, 0.3) is 0 Å². The predicted octanol–water partition coefficient (Wildman–Crippen LogP) is 1.81. The number of anilines is 1. The summed E-state index contributed by atoms with van der Waals surface area (Å²) in [5.41, 5.74) is 2.80. The molecule has 3 amide bonds. The maximum absolute atomic E-state index is 12.9. The monoisotopic (exact) mass is 328 g/mol. The fraction of sp³-hybridized carbons (Fsp3) is 0.556. The maximum atomic E-state index is 12.9. The van der Waals surface area contributed by atoms with Gasteiger partial charge in [-0.05, 0) is 49.9 Å². The van der Waals surface area contributed by atoms with Crippen LogP contribution in [0.15, 0.2) is 18.2 Å². The summed E-state index contributed by atoms with van der Waals surface area (Å²) in [6, 6.07) is 5.92. The molecule has 1 aromatic rings. The van der Waals surface area contributed by atoms with Crippen molar-refractivity contribution >= 4 is 17.6 Å². The second kappa shape index (κ2) is 5.48. The molecule has 2 atom stereocenters. The molecule has 0 unspecified atom stereocenters. The zero-order chi connectivity index (χ0) is 16.9. The summed E-state index contributed by atoms with van der Waals surface area (Å²) < 4.78 is 0. The zero-order valence-electron chi connectivity index (χ0n) is 14.2. The molecule has 6 nitrogen and oxygen atoms in total. The molecule has 0 bridgehead atoms. The Morgan fingerprint density at radius 3 is 2.92 bits per heavy atom. The van der Waals surface area contributed by atoms with Crippen LogP contribution < -0.4 is 16.0 Å². The Bertz CT molecular complexity index is 700. The van der Waals surface area contributed by atoms with E-state index in [4.69, 9.17) is 0 Å². The van der Waals surface area contributed by atoms with Crippen molar-refractivity contribution in [3.05, 3.63) is 29.3 Å². The van der Waals surface area contributed by atoms with Gasteiger partial charge in [0.15, 0.2) is 0 Å². The van der Waals surface area contributed by atoms with Crippen LogP contribution in [0.4, 0.5) is 10.5 Å². The molecule has 24 heavy (non-hydrogen) atoms. The average Bonchev–Trinajstić information content (AvgIpc) is 3.10. The van der Waals surface area contributed by atoms with Gasteiger partial charge in [0.1, 0.15) is 0 Å². The Kier molecular flexibility index (Phi) is 3.53. The fourth-order valence-electron chi connectivity index (χ4n) is 4.32. The van der Waals surface area contributed by atoms with Gasteiger partial charge < -0.3 is 20.9 Å². The largest absolute Gasteiger partial charge is 0.351 e. The van der Waals surface area contributed by atoms with Gasteiger partial charge >= 0.3 is 6.03 Å². The number of hydrogen-bond donors (Lipinski definition) is 3. The van der Waals surface area contributed by atoms with Gasteiger partial charge in [-0.25, -0.2) is 4.79 Å². The van der Waals surface area contributed by atoms with Gasteiger partial charge in [0.2, 0.25) is 5.91 Å². The van der Waals surface area contributed by atoms with Gasteiger partial charge in [0, 0.05) is 25.3 Å². The zero-order valence-corrected chi connectivity index (χ0v) is 14.2. The molecule has 3 aliphatic heterocycles. The molecule has 0 saturated carbocycles. The van der Waals surface area contributed by atoms with Crippen LogP contribution in [0.2, 0.25) is 0 Å². The Morgan fingerprint density at radius 1 is 1.29 bits per heavy atom. The lowest BCUT2D eigenvalue weighted by Gasteiger charge is -2.41. The van der Waals surface area contributed by atoms with Crippen molar-refractivity contribution in [2.45, 2.75) is 51.9 Å². The molecule has 1 aromatic carbocycles. The van der Waals surface area contributed by atoms with Gasteiger partial charge in [-0.2, -0.15) is 0 Å². The second-order valence-electron chi connectivity index (χ2n) is 7.60. The van der Waals surface area contributed by atoms with E-state index < -0.39 is 5.41 Å². The molecule has 0 aliphatic carbocycles. The number of nitrogens with zero attached hydrogens (tertiary/aromatic N) is 1. The number of hydrogen-bond acceptors (Lipinski definition) is 3. The van der Waals surface area contributed by atoms with Gasteiger partial charge in [-0.1, -0.05) is 6.07 Å². The summed E-state index contributed by atoms with van der Waals surface area (Å²) in [6.07, 6.45) is 1.85. The molecular weight excluding hydrogens is 304 g/mol. The smallest absolute Gasteiger partial charge is 0.322 e. The lowest BCUT2D eigenvalue weighted by Crippen LogP contribution is -2.56. The van der Waals surface area contributed by atoms with Crippen molar-refractivity contribution in [2.24, 2.45) is 5.41 Å². The van der Waals surface area contributed by atoms with Crippen LogP contribution in [0, 0.1) is 5.41 Å². The normalized spacial score (nSPS) is 27.4. The highest BCUT2D eigenvalue weighted by Gasteiger charge is 2.53. The minimum Gasteiger partial charge on any atom is -0.351 e. The van der Waals surface area contributed by atoms with E-state index in [1.54, 1.807) is 0 Å². The quantitative estimate of drug-likeness (QED) is 0.736. The number of carbonyl (C=O) groups excluding carboxylic acids is 2. The highest BCUT2D eigenvalue weighted by Crippen LogP contribution is 2.38. The molecular formula is C18H24N4O2. The molecule has 3 aliphatic rings. The SMILES string of the molecule is CC1(C)C(=O)N[C@H]2CCCN(C(=O)Nc3ccc4c(c3)CNC4)[C@H]21. The second-order valence-corrected chi connectivity index (χ2v) is 7.60. The van der Waals surface area contributed by atoms with Crippen molar-refractivity contribution in [3.63, 3.8) is 0 Å². The first kappa shape index (κ1) is 15.4. The number of likely N-dealkylation sites (tertiary alicyclic amines) is 1. The summed E-state index contributed by atoms with van der Waals surface area (Å²) in [4.78, 5) is 26.9. The Labute approximate surface area is 142 Å². The first-order valence-electron chi connectivity index (χ1n) is 8.68. The highest BCUT2D eigenvalue weighted by atomic mass is 16.2. The number of fused-ring (bicyclic) bond motifs is 2. The summed E-state index contributed by atoms with van der Waals surface area (Å²) in [7, 11) is 0. The van der Waals surface area contributed by atoms with E-state index in [-0.39, 0.29) is 24.0 Å². The average molecular weight is 328 g/mol. The summed E-state index contributed by atoms with van der Waals surface area (Å²) >= 11 is 0. The molecule has 3 N–H and O–H groups in total. The third kappa shape index (κ3) is 2.36. The van der Waals surface area contributed by atoms with Crippen LogP contribution in [0.5, 0.6) is 0 Å². The number of carbonyl (C=O) groups is 2. The van der Waals surface area contributed by atoms with Crippen LogP contribution in [-0.4, -0.2) is 35.5 Å². The lowest BCUT2D eigenvalue weighted by molar-refractivity contribution is -0.127. The fourth-order valence-corrected chi connectivity index (χ4v) is 4.32. The van der Waals surface area contributed by atoms with E-state index in [1.165, 1.54) is 11.1 Å². The molecule has 2 saturated heterocycles. The molecule has 2 fully saturated rings. The molecule has 128 valence electrons. The predicted molar refractivity (Wildman–Crippen MR) is 91.4 cm³/mol. The minimum absolute atomic E-state index is 0.0424. The third-order valence-electron chi connectivity index (χ3n) is 5.62. The van der Waals surface area contributed by atoms with E-state index in [2.05, 4.69) is 22.0 Å². The highest BCUT2D eigenvalue weighted by molar-refractivity contribution is 5.92. The number of nitrogens with one attached hydrogen (secondary N) is 3. The molecule has 3 heterocycles. The van der Waals surface area contributed by atoms with Crippen LogP contribution in [0.1, 0.15) is 37.8 Å². The number of benzene rings is 1. The van der Waals surface area contributed by atoms with Crippen molar-refractivity contribution in [1.82, 2.24) is 15.5 Å². The molecule has 4 rings (SSSR count). The molecule has 6 heteroatoms. The van der Waals surface area contributed by atoms with Gasteiger partial charge in [0.25, 0.3) is 0 Å². The van der Waals surface area contributed by atoms with E-state index in [9.17, 15) is 9.59 Å². The number of rotatable bonds is 1. The summed E-state index contributed by atoms with van der Waals surface area (Å²) in [5, 5.41) is 9.40. The number of urea groups is 1. The Morgan fingerprint density at radius 2 is 2.08 bits per heavy atom. The van der Waals surface area contributed by atoms with Crippen LogP contribution in [-0.2, 0) is 17.9 Å². The van der Waals surface area contributed by atoms with Crippen molar-refractivity contribution in [2.75, 3.05) is 11.9 Å². The van der Waals surface area contributed by atoms with Gasteiger partial charge in [-0.15, -0.1) is 0 Å². The Hall–Kier alpha value is -2.08. The first-order chi connectivity index (χ1) is 11.5. The van der Waals surface area contributed by atoms with E-state index in [1.807, 2.05) is 30.9 Å². The number of piperidine rings is 1. The van der Waals surface area contributed by atoms with E-state index in [0.29, 0.717) is 6.54 Å². The molecule has 0 radical (unpaired) electrons. The van der Waals surface area contributed by atoms with Crippen molar-refractivity contribution in [1.29, 1.82) is 0 Å². The minimum atomic E-state index is -0.551. The van der Waals surface area contributed by atoms with E-state index >= 15 is 0 Å². The number of amides is 3. The molecule has 0 spiro atoms. The van der Waals surface area contributed by atoms with Gasteiger partial charge in [0.05, 0.1) is 17.5 Å². The summed E-state index contributed by atoms with van der Waals surface area (Å²) in [6.45, 7) is 6.29. The van der Waals surface area contributed by atoms with Crippen LogP contribution in [0.3, 0.4) is 0 Å². The first-order valence-corrected chi connectivity index (χ1v) is 8.68. The van der Waals surface area contributed by atoms with Crippen molar-refractivity contribution in [3.8, 4) is 0 Å². The standard InChI is InChI=1S/C18H24N4O2/c1-18(2)15-14(21-16(18)23)4-3-7-22(15)17(24)20-13-6-5-11-9-19-10-12(11)8-13/h5-6,8,14-15,19H,3-4,7,9-10H2,1-2H3,(H,20,24)(H,21,23)/t14-,15+/m0/s1. The topological polar surface area (TPSA) is 73.5 Å². The van der Waals surface area contributed by atoms with E-state index in [0.717, 1.165) is 31.6 Å². The third-order valence-corrected chi connectivity index (χ3v) is 5.62. The molecule has 0 aromatic heterocycles.